The van der Waals surface area contributed by atoms with Crippen LogP contribution in [0.15, 0.2) is 11.8 Å². The molecule has 0 aromatic heterocycles. The van der Waals surface area contributed by atoms with Gasteiger partial charge in [-0.2, -0.15) is 0 Å². The van der Waals surface area contributed by atoms with Crippen LogP contribution in [-0.2, 0) is 4.74 Å². The average molecular weight is 407 g/mol. The maximum Gasteiger partial charge on any atom is 0.0475 e. The van der Waals surface area contributed by atoms with Crippen LogP contribution in [-0.4, -0.2) is 28.1 Å². The number of ether oxygens (including phenoxy) is 1. The van der Waals surface area contributed by atoms with Gasteiger partial charge in [-0.05, 0) is 24.6 Å². The van der Waals surface area contributed by atoms with Crippen molar-refractivity contribution < 1.29 is 4.74 Å². The van der Waals surface area contributed by atoms with Crippen LogP contribution in [0.5, 0.6) is 0 Å². The fourth-order valence-electron chi connectivity index (χ4n) is 1.33. The number of methoxy groups -OCH3 is 1. The Bertz CT molecular complexity index is 184. The van der Waals surface area contributed by atoms with E-state index < -0.39 is 0 Å². The second kappa shape index (κ2) is 6.44. The van der Waals surface area contributed by atoms with Crippen LogP contribution in [0.4, 0.5) is 0 Å². The molecule has 0 bridgehead atoms. The maximum absolute atomic E-state index is 5.08. The van der Waals surface area contributed by atoms with Gasteiger partial charge in [0.05, 0.1) is 0 Å². The van der Waals surface area contributed by atoms with Crippen LogP contribution in [0.25, 0.3) is 0 Å². The smallest absolute Gasteiger partial charge is 0.0475 e. The van der Waals surface area contributed by atoms with E-state index in [0.717, 1.165) is 19.6 Å². The van der Waals surface area contributed by atoms with Crippen LogP contribution >= 0.6 is 45.2 Å². The Kier molecular flexibility index (Phi) is 5.96. The van der Waals surface area contributed by atoms with E-state index in [1.54, 1.807) is 7.11 Å². The van der Waals surface area contributed by atoms with Crippen molar-refractivity contribution in [2.24, 2.45) is 0 Å². The molecule has 4 heteroatoms. The first-order valence-electron chi connectivity index (χ1n) is 4.46. The molecule has 2 atom stereocenters. The molecule has 1 heterocycles. The van der Waals surface area contributed by atoms with Crippen LogP contribution in [0.2, 0.25) is 0 Å². The fraction of sp³-hybridized carbons (Fsp3) is 0.778. The van der Waals surface area contributed by atoms with Crippen molar-refractivity contribution in [1.82, 2.24) is 5.32 Å². The zero-order valence-corrected chi connectivity index (χ0v) is 12.0. The largest absolute Gasteiger partial charge is 0.391 e. The van der Waals surface area contributed by atoms with Crippen LogP contribution in [0.3, 0.4) is 0 Å². The molecule has 0 aromatic carbocycles. The number of rotatable bonds is 4. The van der Waals surface area contributed by atoms with E-state index in [9.17, 15) is 0 Å². The maximum atomic E-state index is 5.08. The summed E-state index contributed by atoms with van der Waals surface area (Å²) in [6.45, 7) is 1.97. The fourth-order valence-corrected chi connectivity index (χ4v) is 3.81. The molecule has 0 saturated heterocycles. The number of hydrogen-bond acceptors (Lipinski definition) is 2. The quantitative estimate of drug-likeness (QED) is 0.572. The number of halogens is 2. The molecule has 0 spiro atoms. The van der Waals surface area contributed by atoms with Gasteiger partial charge < -0.3 is 10.1 Å². The molecule has 0 aromatic rings. The molecule has 1 rings (SSSR count). The SMILES string of the molecule is COCCC(I)C1=CNCCC1I. The number of hydrogen-bond donors (Lipinski definition) is 1. The molecule has 0 radical (unpaired) electrons. The molecular weight excluding hydrogens is 392 g/mol. The summed E-state index contributed by atoms with van der Waals surface area (Å²) in [6, 6.07) is 0. The lowest BCUT2D eigenvalue weighted by Crippen LogP contribution is -2.26. The summed E-state index contributed by atoms with van der Waals surface area (Å²) in [6.07, 6.45) is 4.55. The molecule has 1 aliphatic heterocycles. The lowest BCUT2D eigenvalue weighted by molar-refractivity contribution is 0.197. The van der Waals surface area contributed by atoms with Crippen molar-refractivity contribution in [3.05, 3.63) is 11.8 Å². The van der Waals surface area contributed by atoms with Crippen LogP contribution < -0.4 is 5.32 Å². The monoisotopic (exact) mass is 407 g/mol. The first kappa shape index (κ1) is 12.0. The number of nitrogens with one attached hydrogen (secondary N) is 1. The minimum absolute atomic E-state index is 0.618. The summed E-state index contributed by atoms with van der Waals surface area (Å²) in [5.41, 5.74) is 1.53. The Morgan fingerprint density at radius 2 is 2.54 bits per heavy atom. The molecule has 13 heavy (non-hydrogen) atoms. The van der Waals surface area contributed by atoms with Gasteiger partial charge in [0.1, 0.15) is 0 Å². The van der Waals surface area contributed by atoms with Gasteiger partial charge in [0.15, 0.2) is 0 Å². The molecule has 1 N–H and O–H groups in total. The van der Waals surface area contributed by atoms with Crippen molar-refractivity contribution in [3.8, 4) is 0 Å². The van der Waals surface area contributed by atoms with Gasteiger partial charge in [0.2, 0.25) is 0 Å². The average Bonchev–Trinajstić information content (AvgIpc) is 2.15. The Balaban J connectivity index is 2.43. The van der Waals surface area contributed by atoms with Gasteiger partial charge in [-0.15, -0.1) is 0 Å². The normalized spacial score (nSPS) is 24.8. The van der Waals surface area contributed by atoms with E-state index in [2.05, 4.69) is 56.7 Å². The zero-order valence-electron chi connectivity index (χ0n) is 7.72. The second-order valence-corrected chi connectivity index (χ2v) is 6.11. The number of allylic oxidation sites excluding steroid dienone is 1. The van der Waals surface area contributed by atoms with Gasteiger partial charge in [0, 0.05) is 28.1 Å². The highest BCUT2D eigenvalue weighted by atomic mass is 127. The van der Waals surface area contributed by atoms with E-state index in [1.165, 1.54) is 12.0 Å². The van der Waals surface area contributed by atoms with Crippen molar-refractivity contribution in [2.45, 2.75) is 20.7 Å². The van der Waals surface area contributed by atoms with E-state index in [0.29, 0.717) is 7.85 Å². The molecule has 0 saturated carbocycles. The predicted octanol–water partition coefficient (Wildman–Crippen LogP) is 2.51. The molecule has 0 aliphatic carbocycles. The molecule has 76 valence electrons. The van der Waals surface area contributed by atoms with Crippen LogP contribution in [0.1, 0.15) is 12.8 Å². The lowest BCUT2D eigenvalue weighted by Gasteiger charge is -2.24. The summed E-state index contributed by atoms with van der Waals surface area (Å²) in [5.74, 6) is 0. The zero-order chi connectivity index (χ0) is 9.68. The Hall–Kier alpha value is 0.960. The summed E-state index contributed by atoms with van der Waals surface area (Å²) in [5, 5.41) is 3.31. The highest BCUT2D eigenvalue weighted by Gasteiger charge is 2.20. The molecule has 0 amide bonds. The van der Waals surface area contributed by atoms with Crippen molar-refractivity contribution in [3.63, 3.8) is 0 Å². The third-order valence-corrected chi connectivity index (χ3v) is 4.79. The molecule has 0 fully saturated rings. The van der Waals surface area contributed by atoms with Crippen molar-refractivity contribution >= 4 is 45.2 Å². The summed E-state index contributed by atoms with van der Waals surface area (Å²) < 4.78 is 6.41. The summed E-state index contributed by atoms with van der Waals surface area (Å²) in [4.78, 5) is 0. The van der Waals surface area contributed by atoms with Gasteiger partial charge in [-0.3, -0.25) is 0 Å². The Morgan fingerprint density at radius 1 is 1.77 bits per heavy atom. The van der Waals surface area contributed by atoms with E-state index in [1.807, 2.05) is 0 Å². The summed E-state index contributed by atoms with van der Waals surface area (Å²) >= 11 is 5.04. The van der Waals surface area contributed by atoms with Gasteiger partial charge >= 0.3 is 0 Å². The lowest BCUT2D eigenvalue weighted by atomic mass is 10.0. The molecule has 2 nitrogen and oxygen atoms in total. The molecule has 2 unspecified atom stereocenters. The van der Waals surface area contributed by atoms with E-state index in [-0.39, 0.29) is 0 Å². The van der Waals surface area contributed by atoms with Crippen molar-refractivity contribution in [1.29, 1.82) is 0 Å². The second-order valence-electron chi connectivity index (χ2n) is 3.10. The van der Waals surface area contributed by atoms with Crippen LogP contribution in [0, 0.1) is 0 Å². The van der Waals surface area contributed by atoms with E-state index in [4.69, 9.17) is 4.74 Å². The Labute approximate surface area is 107 Å². The first-order valence-corrected chi connectivity index (χ1v) is 6.95. The highest BCUT2D eigenvalue weighted by molar-refractivity contribution is 14.1. The third kappa shape index (κ3) is 3.91. The van der Waals surface area contributed by atoms with Gasteiger partial charge in [-0.1, -0.05) is 45.2 Å². The minimum Gasteiger partial charge on any atom is -0.391 e. The third-order valence-electron chi connectivity index (χ3n) is 2.11. The van der Waals surface area contributed by atoms with E-state index >= 15 is 0 Å². The van der Waals surface area contributed by atoms with Crippen molar-refractivity contribution in [2.75, 3.05) is 20.3 Å². The first-order chi connectivity index (χ1) is 6.25. The van der Waals surface area contributed by atoms with Gasteiger partial charge in [0.25, 0.3) is 0 Å². The topological polar surface area (TPSA) is 21.3 Å². The molecular formula is C9H15I2NO. The number of alkyl halides is 2. The minimum atomic E-state index is 0.618. The summed E-state index contributed by atoms with van der Waals surface area (Å²) in [7, 11) is 1.76. The standard InChI is InChI=1S/C9H15I2NO/c1-13-5-3-9(11)7-6-12-4-2-8(7)10/h6,8-9,12H,2-5H2,1H3. The predicted molar refractivity (Wildman–Crippen MR) is 72.8 cm³/mol. The molecule has 1 aliphatic rings. The Morgan fingerprint density at radius 3 is 3.15 bits per heavy atom. The highest BCUT2D eigenvalue weighted by Crippen LogP contribution is 2.28. The van der Waals surface area contributed by atoms with Gasteiger partial charge in [-0.25, -0.2) is 0 Å².